The van der Waals surface area contributed by atoms with Gasteiger partial charge in [-0.25, -0.2) is 13.2 Å². The Kier molecular flexibility index (Phi) is 6.07. The molecular weight excluding hydrogens is 434 g/mol. The number of anilines is 1. The van der Waals surface area contributed by atoms with Crippen LogP contribution in [0.25, 0.3) is 11.1 Å². The SMILES string of the molecule is CCOc1ccc(NC(=O)[C@H]2CCCN(S(=O)(=O)c3ccc4c(c3)oc(=O)n4C)C2)cc1. The van der Waals surface area contributed by atoms with Crippen LogP contribution < -0.4 is 15.8 Å². The van der Waals surface area contributed by atoms with Crippen LogP contribution in [0.3, 0.4) is 0 Å². The summed E-state index contributed by atoms with van der Waals surface area (Å²) in [6.45, 7) is 2.86. The largest absolute Gasteiger partial charge is 0.494 e. The molecule has 1 aromatic heterocycles. The van der Waals surface area contributed by atoms with E-state index in [2.05, 4.69) is 5.32 Å². The monoisotopic (exact) mass is 459 g/mol. The highest BCUT2D eigenvalue weighted by molar-refractivity contribution is 7.89. The van der Waals surface area contributed by atoms with E-state index >= 15 is 0 Å². The van der Waals surface area contributed by atoms with Gasteiger partial charge in [0.1, 0.15) is 5.75 Å². The van der Waals surface area contributed by atoms with E-state index in [0.29, 0.717) is 42.9 Å². The van der Waals surface area contributed by atoms with Gasteiger partial charge in [0, 0.05) is 31.9 Å². The number of benzene rings is 2. The molecule has 1 aliphatic heterocycles. The van der Waals surface area contributed by atoms with E-state index in [-0.39, 0.29) is 22.9 Å². The highest BCUT2D eigenvalue weighted by Crippen LogP contribution is 2.27. The van der Waals surface area contributed by atoms with E-state index in [1.54, 1.807) is 37.4 Å². The number of nitrogens with zero attached hydrogens (tertiary/aromatic N) is 2. The lowest BCUT2D eigenvalue weighted by atomic mass is 9.99. The van der Waals surface area contributed by atoms with Gasteiger partial charge in [-0.05, 0) is 56.2 Å². The van der Waals surface area contributed by atoms with Crippen LogP contribution in [-0.4, -0.2) is 42.9 Å². The predicted molar refractivity (Wildman–Crippen MR) is 119 cm³/mol. The first kappa shape index (κ1) is 22.1. The second kappa shape index (κ2) is 8.79. The summed E-state index contributed by atoms with van der Waals surface area (Å²) in [7, 11) is -2.29. The third-order valence-corrected chi connectivity index (χ3v) is 7.45. The minimum atomic E-state index is -3.84. The normalized spacial score (nSPS) is 17.4. The van der Waals surface area contributed by atoms with Crippen LogP contribution >= 0.6 is 0 Å². The fourth-order valence-corrected chi connectivity index (χ4v) is 5.38. The van der Waals surface area contributed by atoms with Gasteiger partial charge in [0.2, 0.25) is 15.9 Å². The Morgan fingerprint density at radius 1 is 1.22 bits per heavy atom. The van der Waals surface area contributed by atoms with E-state index < -0.39 is 21.7 Å². The molecule has 0 aliphatic carbocycles. The maximum Gasteiger partial charge on any atom is 0.419 e. The molecule has 32 heavy (non-hydrogen) atoms. The summed E-state index contributed by atoms with van der Waals surface area (Å²) < 4.78 is 39.6. The van der Waals surface area contributed by atoms with Gasteiger partial charge in [-0.1, -0.05) is 0 Å². The molecule has 0 bridgehead atoms. The molecule has 9 nitrogen and oxygen atoms in total. The zero-order valence-electron chi connectivity index (χ0n) is 17.9. The predicted octanol–water partition coefficient (Wildman–Crippen LogP) is 2.57. The lowest BCUT2D eigenvalue weighted by molar-refractivity contribution is -0.120. The Labute approximate surface area is 185 Å². The summed E-state index contributed by atoms with van der Waals surface area (Å²) in [5, 5.41) is 2.86. The molecule has 3 aromatic rings. The van der Waals surface area contributed by atoms with Crippen LogP contribution in [0.15, 0.2) is 56.6 Å². The van der Waals surface area contributed by atoms with E-state index in [0.717, 1.165) is 0 Å². The zero-order valence-corrected chi connectivity index (χ0v) is 18.7. The van der Waals surface area contributed by atoms with Gasteiger partial charge in [-0.3, -0.25) is 9.36 Å². The topological polar surface area (TPSA) is 111 Å². The summed E-state index contributed by atoms with van der Waals surface area (Å²) >= 11 is 0. The molecule has 0 radical (unpaired) electrons. The molecule has 1 aliphatic rings. The number of aryl methyl sites for hydroxylation is 1. The number of fused-ring (bicyclic) bond motifs is 1. The first-order valence-electron chi connectivity index (χ1n) is 10.4. The van der Waals surface area contributed by atoms with Gasteiger partial charge in [-0.2, -0.15) is 4.31 Å². The van der Waals surface area contributed by atoms with Gasteiger partial charge in [0.05, 0.1) is 22.9 Å². The molecule has 2 aromatic carbocycles. The lowest BCUT2D eigenvalue weighted by Crippen LogP contribution is -2.43. The fraction of sp³-hybridized carbons (Fsp3) is 0.364. The van der Waals surface area contributed by atoms with Crippen molar-refractivity contribution in [1.82, 2.24) is 8.87 Å². The number of oxazole rings is 1. The second-order valence-corrected chi connectivity index (χ2v) is 9.64. The number of carbonyl (C=O) groups excluding carboxylic acids is 1. The van der Waals surface area contributed by atoms with Gasteiger partial charge in [0.15, 0.2) is 5.58 Å². The summed E-state index contributed by atoms with van der Waals surface area (Å²) in [5.74, 6) is -0.535. The van der Waals surface area contributed by atoms with Crippen molar-refractivity contribution in [2.75, 3.05) is 25.0 Å². The van der Waals surface area contributed by atoms with Crippen molar-refractivity contribution in [2.45, 2.75) is 24.7 Å². The molecule has 0 spiro atoms. The Morgan fingerprint density at radius 2 is 1.97 bits per heavy atom. The fourth-order valence-electron chi connectivity index (χ4n) is 3.84. The number of ether oxygens (including phenoxy) is 1. The van der Waals surface area contributed by atoms with Gasteiger partial charge >= 0.3 is 5.76 Å². The molecular formula is C22H25N3O6S. The summed E-state index contributed by atoms with van der Waals surface area (Å²) in [6.07, 6.45) is 1.17. The van der Waals surface area contributed by atoms with Crippen molar-refractivity contribution in [3.8, 4) is 5.75 Å². The molecule has 1 amide bonds. The Balaban J connectivity index is 1.49. The third-order valence-electron chi connectivity index (χ3n) is 5.59. The van der Waals surface area contributed by atoms with Crippen LogP contribution in [0, 0.1) is 5.92 Å². The van der Waals surface area contributed by atoms with Crippen molar-refractivity contribution in [1.29, 1.82) is 0 Å². The summed E-state index contributed by atoms with van der Waals surface area (Å²) in [6, 6.07) is 11.4. The minimum absolute atomic E-state index is 0.0342. The maximum atomic E-state index is 13.2. The second-order valence-electron chi connectivity index (χ2n) is 7.71. The van der Waals surface area contributed by atoms with Crippen molar-refractivity contribution < 1.29 is 22.4 Å². The number of carbonyl (C=O) groups is 1. The van der Waals surface area contributed by atoms with E-state index in [4.69, 9.17) is 9.15 Å². The molecule has 10 heteroatoms. The molecule has 1 fully saturated rings. The molecule has 4 rings (SSSR count). The number of sulfonamides is 1. The highest BCUT2D eigenvalue weighted by atomic mass is 32.2. The zero-order chi connectivity index (χ0) is 22.9. The van der Waals surface area contributed by atoms with Crippen molar-refractivity contribution >= 4 is 32.7 Å². The summed E-state index contributed by atoms with van der Waals surface area (Å²) in [5.41, 5.74) is 1.35. The molecule has 1 saturated heterocycles. The van der Waals surface area contributed by atoms with Crippen LogP contribution in [0.5, 0.6) is 5.75 Å². The number of nitrogens with one attached hydrogen (secondary N) is 1. The lowest BCUT2D eigenvalue weighted by Gasteiger charge is -2.31. The Bertz CT molecular complexity index is 1290. The first-order valence-corrected chi connectivity index (χ1v) is 11.9. The molecule has 0 unspecified atom stereocenters. The molecule has 1 N–H and O–H groups in total. The van der Waals surface area contributed by atoms with Crippen molar-refractivity contribution in [3.63, 3.8) is 0 Å². The Morgan fingerprint density at radius 3 is 2.69 bits per heavy atom. The number of aromatic nitrogens is 1. The van der Waals surface area contributed by atoms with Crippen LogP contribution in [0.4, 0.5) is 5.69 Å². The molecule has 2 heterocycles. The van der Waals surface area contributed by atoms with Crippen molar-refractivity contribution in [2.24, 2.45) is 13.0 Å². The smallest absolute Gasteiger partial charge is 0.419 e. The number of hydrogen-bond acceptors (Lipinski definition) is 6. The van der Waals surface area contributed by atoms with E-state index in [9.17, 15) is 18.0 Å². The number of piperidine rings is 1. The van der Waals surface area contributed by atoms with Crippen molar-refractivity contribution in [3.05, 3.63) is 53.0 Å². The average molecular weight is 460 g/mol. The summed E-state index contributed by atoms with van der Waals surface area (Å²) in [4.78, 5) is 24.5. The van der Waals surface area contributed by atoms with Crippen LogP contribution in [0.1, 0.15) is 19.8 Å². The quantitative estimate of drug-likeness (QED) is 0.607. The van der Waals surface area contributed by atoms with E-state index in [1.165, 1.54) is 21.0 Å². The van der Waals surface area contributed by atoms with Gasteiger partial charge < -0.3 is 14.5 Å². The van der Waals surface area contributed by atoms with Gasteiger partial charge in [-0.15, -0.1) is 0 Å². The maximum absolute atomic E-state index is 13.2. The highest BCUT2D eigenvalue weighted by Gasteiger charge is 2.33. The average Bonchev–Trinajstić information content (AvgIpc) is 3.08. The Hall–Kier alpha value is -3.11. The van der Waals surface area contributed by atoms with E-state index in [1.807, 2.05) is 6.92 Å². The van der Waals surface area contributed by atoms with Crippen LogP contribution in [0.2, 0.25) is 0 Å². The number of amides is 1. The molecule has 1 atom stereocenters. The standard InChI is InChI=1S/C22H25N3O6S/c1-3-30-17-8-6-16(7-9-17)23-21(26)15-5-4-12-25(14-15)32(28,29)18-10-11-19-20(13-18)31-22(27)24(19)2/h6-11,13,15H,3-5,12,14H2,1-2H3,(H,23,26)/t15-/m0/s1. The minimum Gasteiger partial charge on any atom is -0.494 e. The first-order chi connectivity index (χ1) is 15.3. The number of hydrogen-bond donors (Lipinski definition) is 1. The van der Waals surface area contributed by atoms with Gasteiger partial charge in [0.25, 0.3) is 0 Å². The number of rotatable bonds is 6. The third kappa shape index (κ3) is 4.28. The van der Waals surface area contributed by atoms with Crippen LogP contribution in [-0.2, 0) is 21.9 Å². The molecule has 0 saturated carbocycles. The molecule has 170 valence electrons.